The number of tetrazole rings is 1. The fourth-order valence-electron chi connectivity index (χ4n) is 1.53. The van der Waals surface area contributed by atoms with Crippen molar-refractivity contribution < 1.29 is 4.79 Å². The molecule has 2 aromatic rings. The predicted octanol–water partition coefficient (Wildman–Crippen LogP) is 0.885. The van der Waals surface area contributed by atoms with Gasteiger partial charge in [0.1, 0.15) is 0 Å². The summed E-state index contributed by atoms with van der Waals surface area (Å²) in [5.74, 6) is 0.472. The van der Waals surface area contributed by atoms with Gasteiger partial charge in [-0.2, -0.15) is 4.68 Å². The quantitative estimate of drug-likeness (QED) is 0.849. The molecule has 6 heteroatoms. The molecule has 0 saturated heterocycles. The van der Waals surface area contributed by atoms with Crippen molar-refractivity contribution in [2.24, 2.45) is 5.73 Å². The Balaban J connectivity index is 2.49. The number of benzene rings is 1. The number of carbonyl (C=O) groups is 1. The topological polar surface area (TPSA) is 86.7 Å². The van der Waals surface area contributed by atoms with Gasteiger partial charge in [-0.3, -0.25) is 4.79 Å². The molecule has 0 radical (unpaired) electrons. The van der Waals surface area contributed by atoms with E-state index in [0.29, 0.717) is 5.56 Å². The summed E-state index contributed by atoms with van der Waals surface area (Å²) >= 11 is 0. The molecule has 0 spiro atoms. The third-order valence-electron chi connectivity index (χ3n) is 2.39. The lowest BCUT2D eigenvalue weighted by Gasteiger charge is -2.07. The molecule has 0 saturated carbocycles. The summed E-state index contributed by atoms with van der Waals surface area (Å²) in [6.45, 7) is 4.00. The van der Waals surface area contributed by atoms with Gasteiger partial charge < -0.3 is 5.73 Å². The first-order valence-corrected chi connectivity index (χ1v) is 5.28. The van der Waals surface area contributed by atoms with Crippen molar-refractivity contribution in [1.82, 2.24) is 20.2 Å². The van der Waals surface area contributed by atoms with Crippen molar-refractivity contribution in [2.75, 3.05) is 0 Å². The highest BCUT2D eigenvalue weighted by molar-refractivity contribution is 5.93. The van der Waals surface area contributed by atoms with Crippen LogP contribution < -0.4 is 5.73 Å². The van der Waals surface area contributed by atoms with E-state index in [-0.39, 0.29) is 5.92 Å². The minimum Gasteiger partial charge on any atom is -0.366 e. The Morgan fingerprint density at radius 3 is 2.82 bits per heavy atom. The molecular weight excluding hydrogens is 218 g/mol. The summed E-state index contributed by atoms with van der Waals surface area (Å²) in [6.07, 6.45) is 0. The van der Waals surface area contributed by atoms with Gasteiger partial charge in [0.15, 0.2) is 5.82 Å². The van der Waals surface area contributed by atoms with Gasteiger partial charge in [0.25, 0.3) is 0 Å². The molecule has 88 valence electrons. The van der Waals surface area contributed by atoms with Gasteiger partial charge in [-0.25, -0.2) is 0 Å². The molecule has 1 amide bonds. The van der Waals surface area contributed by atoms with Crippen molar-refractivity contribution in [3.63, 3.8) is 0 Å². The van der Waals surface area contributed by atoms with E-state index in [0.717, 1.165) is 11.5 Å². The largest absolute Gasteiger partial charge is 0.366 e. The van der Waals surface area contributed by atoms with E-state index < -0.39 is 5.91 Å². The van der Waals surface area contributed by atoms with E-state index in [1.807, 2.05) is 19.9 Å². The lowest BCUT2D eigenvalue weighted by molar-refractivity contribution is 0.100. The minimum atomic E-state index is -0.467. The molecule has 17 heavy (non-hydrogen) atoms. The van der Waals surface area contributed by atoms with Gasteiger partial charge in [-0.1, -0.05) is 19.9 Å². The molecule has 1 aromatic heterocycles. The number of carbonyl (C=O) groups excluding carboxylic acids is 1. The first-order valence-electron chi connectivity index (χ1n) is 5.28. The number of hydrogen-bond acceptors (Lipinski definition) is 4. The van der Waals surface area contributed by atoms with Crippen molar-refractivity contribution in [3.05, 3.63) is 35.7 Å². The summed E-state index contributed by atoms with van der Waals surface area (Å²) in [6, 6.07) is 6.91. The zero-order chi connectivity index (χ0) is 12.4. The Morgan fingerprint density at radius 1 is 1.41 bits per heavy atom. The molecule has 0 bridgehead atoms. The third kappa shape index (κ3) is 2.15. The zero-order valence-electron chi connectivity index (χ0n) is 9.66. The van der Waals surface area contributed by atoms with Crippen LogP contribution in [0.1, 0.15) is 35.9 Å². The number of amides is 1. The van der Waals surface area contributed by atoms with Crippen LogP contribution in [0, 0.1) is 0 Å². The Hall–Kier alpha value is -2.24. The summed E-state index contributed by atoms with van der Waals surface area (Å²) in [5.41, 5.74) is 6.40. The van der Waals surface area contributed by atoms with E-state index in [9.17, 15) is 4.79 Å². The van der Waals surface area contributed by atoms with Crippen molar-refractivity contribution in [1.29, 1.82) is 0 Å². The van der Waals surface area contributed by atoms with Crippen molar-refractivity contribution >= 4 is 5.91 Å². The highest BCUT2D eigenvalue weighted by Gasteiger charge is 2.12. The second-order valence-electron chi connectivity index (χ2n) is 4.02. The van der Waals surface area contributed by atoms with E-state index in [1.54, 1.807) is 22.9 Å². The fraction of sp³-hybridized carbons (Fsp3) is 0.273. The maximum absolute atomic E-state index is 11.1. The standard InChI is InChI=1S/C11H13N5O/c1-7(2)11-13-14-15-16(11)9-5-3-4-8(6-9)10(12)17/h3-7H,1-2H3,(H2,12,17). The molecule has 6 nitrogen and oxygen atoms in total. The summed E-state index contributed by atoms with van der Waals surface area (Å²) in [5, 5.41) is 11.5. The summed E-state index contributed by atoms with van der Waals surface area (Å²) < 4.78 is 1.61. The molecule has 1 heterocycles. The lowest BCUT2D eigenvalue weighted by atomic mass is 10.1. The van der Waals surface area contributed by atoms with Gasteiger partial charge in [-0.05, 0) is 28.6 Å². The van der Waals surface area contributed by atoms with Crippen LogP contribution in [0.2, 0.25) is 0 Å². The van der Waals surface area contributed by atoms with Crippen LogP contribution >= 0.6 is 0 Å². The zero-order valence-corrected chi connectivity index (χ0v) is 9.66. The van der Waals surface area contributed by atoms with Gasteiger partial charge in [0, 0.05) is 11.5 Å². The maximum atomic E-state index is 11.1. The second-order valence-corrected chi connectivity index (χ2v) is 4.02. The van der Waals surface area contributed by atoms with Crippen LogP contribution in [0.15, 0.2) is 24.3 Å². The van der Waals surface area contributed by atoms with Gasteiger partial charge in [0.2, 0.25) is 5.91 Å². The SMILES string of the molecule is CC(C)c1nnnn1-c1cccc(C(N)=O)c1. The first-order chi connectivity index (χ1) is 8.09. The van der Waals surface area contributed by atoms with Gasteiger partial charge in [0.05, 0.1) is 5.69 Å². The average molecular weight is 231 g/mol. The van der Waals surface area contributed by atoms with Crippen molar-refractivity contribution in [3.8, 4) is 5.69 Å². The van der Waals surface area contributed by atoms with E-state index in [4.69, 9.17) is 5.73 Å². The van der Waals surface area contributed by atoms with Gasteiger partial charge in [-0.15, -0.1) is 5.10 Å². The molecule has 2 N–H and O–H groups in total. The van der Waals surface area contributed by atoms with Crippen LogP contribution in [0.4, 0.5) is 0 Å². The molecule has 0 fully saturated rings. The van der Waals surface area contributed by atoms with Crippen LogP contribution in [-0.2, 0) is 0 Å². The molecule has 0 aliphatic heterocycles. The van der Waals surface area contributed by atoms with Crippen LogP contribution in [0.3, 0.4) is 0 Å². The molecular formula is C11H13N5O. The fourth-order valence-corrected chi connectivity index (χ4v) is 1.53. The maximum Gasteiger partial charge on any atom is 0.248 e. The molecule has 0 unspecified atom stereocenters. The Labute approximate surface area is 98.4 Å². The van der Waals surface area contributed by atoms with Crippen LogP contribution in [0.25, 0.3) is 5.69 Å². The van der Waals surface area contributed by atoms with Crippen LogP contribution in [-0.4, -0.2) is 26.1 Å². The molecule has 0 aliphatic rings. The van der Waals surface area contributed by atoms with Crippen molar-refractivity contribution in [2.45, 2.75) is 19.8 Å². The summed E-state index contributed by atoms with van der Waals surface area (Å²) in [7, 11) is 0. The molecule has 0 atom stereocenters. The Kier molecular flexibility index (Phi) is 2.86. The monoisotopic (exact) mass is 231 g/mol. The van der Waals surface area contributed by atoms with Gasteiger partial charge >= 0.3 is 0 Å². The number of nitrogens with zero attached hydrogens (tertiary/aromatic N) is 4. The number of primary amides is 1. The smallest absolute Gasteiger partial charge is 0.248 e. The highest BCUT2D eigenvalue weighted by Crippen LogP contribution is 2.15. The average Bonchev–Trinajstić information content (AvgIpc) is 2.78. The number of hydrogen-bond donors (Lipinski definition) is 1. The lowest BCUT2D eigenvalue weighted by Crippen LogP contribution is -2.12. The number of aromatic nitrogens is 4. The molecule has 2 rings (SSSR count). The number of nitrogens with two attached hydrogens (primary N) is 1. The normalized spacial score (nSPS) is 10.8. The highest BCUT2D eigenvalue weighted by atomic mass is 16.1. The van der Waals surface area contributed by atoms with E-state index in [1.165, 1.54) is 0 Å². The number of rotatable bonds is 3. The van der Waals surface area contributed by atoms with Crippen LogP contribution in [0.5, 0.6) is 0 Å². The van der Waals surface area contributed by atoms with E-state index in [2.05, 4.69) is 15.5 Å². The predicted molar refractivity (Wildman–Crippen MR) is 61.8 cm³/mol. The summed E-state index contributed by atoms with van der Waals surface area (Å²) in [4.78, 5) is 11.1. The Morgan fingerprint density at radius 2 is 2.18 bits per heavy atom. The minimum absolute atomic E-state index is 0.197. The third-order valence-corrected chi connectivity index (χ3v) is 2.39. The molecule has 0 aliphatic carbocycles. The molecule has 1 aromatic carbocycles. The first kappa shape index (κ1) is 11.3. The Bertz CT molecular complexity index is 546. The second kappa shape index (κ2) is 4.32. The van der Waals surface area contributed by atoms with E-state index >= 15 is 0 Å².